The highest BCUT2D eigenvalue weighted by Gasteiger charge is 2.28. The molecule has 4 aromatic rings. The van der Waals surface area contributed by atoms with Crippen LogP contribution in [0, 0.1) is 17.5 Å². The highest BCUT2D eigenvalue weighted by Crippen LogP contribution is 2.19. The van der Waals surface area contributed by atoms with Crippen LogP contribution >= 0.6 is 0 Å². The number of carbonyl (C=O) groups excluding carboxylic acids is 2. The van der Waals surface area contributed by atoms with E-state index in [2.05, 4.69) is 15.6 Å². The molecule has 0 atom stereocenters. The molecule has 0 aliphatic heterocycles. The number of hydrogen-bond acceptors (Lipinski definition) is 5. The van der Waals surface area contributed by atoms with Gasteiger partial charge in [-0.15, -0.1) is 5.10 Å². The van der Waals surface area contributed by atoms with E-state index in [-0.39, 0.29) is 35.9 Å². The summed E-state index contributed by atoms with van der Waals surface area (Å²) in [7, 11) is 0. The second-order valence-corrected chi connectivity index (χ2v) is 8.62. The van der Waals surface area contributed by atoms with Crippen molar-refractivity contribution in [1.29, 1.82) is 0 Å². The molecule has 1 heterocycles. The third-order valence-corrected chi connectivity index (χ3v) is 5.72. The Kier molecular flexibility index (Phi) is 9.02. The number of nitrogens with zero attached hydrogens (tertiary/aromatic N) is 3. The van der Waals surface area contributed by atoms with Crippen molar-refractivity contribution in [3.8, 4) is 5.69 Å². The molecular formula is C27H21F6N5O3. The van der Waals surface area contributed by atoms with E-state index in [0.717, 1.165) is 11.6 Å². The molecule has 214 valence electrons. The SMILES string of the molecule is O=C(NCC(F)(F)F)c1ccc(-n2nnc(C(=O)NCc3c(F)ccc(F)c3F)c2COCc2ccccc2)cc1. The molecule has 4 rings (SSSR count). The molecule has 3 aromatic carbocycles. The van der Waals surface area contributed by atoms with Crippen LogP contribution in [0.2, 0.25) is 0 Å². The molecule has 8 nitrogen and oxygen atoms in total. The Bertz CT molecular complexity index is 1530. The van der Waals surface area contributed by atoms with Gasteiger partial charge in [0.25, 0.3) is 11.8 Å². The first kappa shape index (κ1) is 29.3. The fourth-order valence-corrected chi connectivity index (χ4v) is 3.67. The second-order valence-electron chi connectivity index (χ2n) is 8.62. The quantitative estimate of drug-likeness (QED) is 0.212. The summed E-state index contributed by atoms with van der Waals surface area (Å²) >= 11 is 0. The molecule has 0 bridgehead atoms. The summed E-state index contributed by atoms with van der Waals surface area (Å²) in [4.78, 5) is 25.0. The van der Waals surface area contributed by atoms with Gasteiger partial charge in [0.2, 0.25) is 0 Å². The fourth-order valence-electron chi connectivity index (χ4n) is 3.67. The molecule has 14 heteroatoms. The Morgan fingerprint density at radius 1 is 0.829 bits per heavy atom. The van der Waals surface area contributed by atoms with E-state index in [1.165, 1.54) is 28.9 Å². The Balaban J connectivity index is 1.56. The van der Waals surface area contributed by atoms with Crippen LogP contribution in [0.3, 0.4) is 0 Å². The summed E-state index contributed by atoms with van der Waals surface area (Å²) in [6, 6.07) is 15.7. The molecule has 1 aromatic heterocycles. The molecule has 0 spiro atoms. The molecule has 0 saturated carbocycles. The zero-order valence-corrected chi connectivity index (χ0v) is 21.0. The van der Waals surface area contributed by atoms with Gasteiger partial charge in [-0.25, -0.2) is 17.9 Å². The maximum atomic E-state index is 14.0. The van der Waals surface area contributed by atoms with Crippen LogP contribution in [-0.4, -0.2) is 39.5 Å². The number of carbonyl (C=O) groups is 2. The normalized spacial score (nSPS) is 11.4. The van der Waals surface area contributed by atoms with Crippen LogP contribution in [-0.2, 0) is 24.5 Å². The van der Waals surface area contributed by atoms with Crippen molar-refractivity contribution in [3.63, 3.8) is 0 Å². The highest BCUT2D eigenvalue weighted by atomic mass is 19.4. The molecule has 0 aliphatic carbocycles. The number of halogens is 6. The lowest BCUT2D eigenvalue weighted by Crippen LogP contribution is -2.33. The number of alkyl halides is 3. The van der Waals surface area contributed by atoms with Crippen molar-refractivity contribution >= 4 is 11.8 Å². The number of ether oxygens (including phenoxy) is 1. The second kappa shape index (κ2) is 12.6. The number of aromatic nitrogens is 3. The van der Waals surface area contributed by atoms with Crippen LogP contribution < -0.4 is 10.6 Å². The summed E-state index contributed by atoms with van der Waals surface area (Å²) in [5.74, 6) is -5.62. The minimum Gasteiger partial charge on any atom is -0.370 e. The van der Waals surface area contributed by atoms with Gasteiger partial charge in [-0.1, -0.05) is 35.5 Å². The van der Waals surface area contributed by atoms with Crippen molar-refractivity contribution in [3.05, 3.63) is 112 Å². The average Bonchev–Trinajstić information content (AvgIpc) is 3.38. The Morgan fingerprint density at radius 3 is 2.20 bits per heavy atom. The van der Waals surface area contributed by atoms with Crippen LogP contribution in [0.25, 0.3) is 5.69 Å². The number of amides is 2. The van der Waals surface area contributed by atoms with Crippen LogP contribution in [0.15, 0.2) is 66.7 Å². The van der Waals surface area contributed by atoms with E-state index in [4.69, 9.17) is 4.74 Å². The van der Waals surface area contributed by atoms with Crippen molar-refractivity contribution < 1.29 is 40.7 Å². The number of rotatable bonds is 10. The number of benzene rings is 3. The standard InChI is InChI=1S/C27H21F6N5O3/c28-20-10-11-21(29)23(30)19(20)12-34-26(40)24-22(14-41-13-16-4-2-1-3-5-16)38(37-36-24)18-8-6-17(7-9-18)25(39)35-15-27(31,32)33/h1-11H,12-15H2,(H,34,40)(H,35,39). The van der Waals surface area contributed by atoms with Crippen molar-refractivity contribution in [1.82, 2.24) is 25.6 Å². The van der Waals surface area contributed by atoms with Crippen molar-refractivity contribution in [2.45, 2.75) is 25.9 Å². The Hall–Kier alpha value is -4.72. The topological polar surface area (TPSA) is 98.1 Å². The monoisotopic (exact) mass is 577 g/mol. The lowest BCUT2D eigenvalue weighted by molar-refractivity contribution is -0.123. The highest BCUT2D eigenvalue weighted by molar-refractivity contribution is 5.94. The van der Waals surface area contributed by atoms with E-state index >= 15 is 0 Å². The average molecular weight is 577 g/mol. The zero-order valence-electron chi connectivity index (χ0n) is 21.0. The van der Waals surface area contributed by atoms with Crippen LogP contribution in [0.5, 0.6) is 0 Å². The summed E-state index contributed by atoms with van der Waals surface area (Å²) in [6.07, 6.45) is -4.58. The minimum atomic E-state index is -4.58. The summed E-state index contributed by atoms with van der Waals surface area (Å²) < 4.78 is 85.8. The maximum Gasteiger partial charge on any atom is 0.405 e. The zero-order chi connectivity index (χ0) is 29.6. The maximum absolute atomic E-state index is 14.0. The lowest BCUT2D eigenvalue weighted by atomic mass is 10.1. The molecule has 41 heavy (non-hydrogen) atoms. The molecule has 0 aliphatic rings. The fraction of sp³-hybridized carbons (Fsp3) is 0.185. The molecular weight excluding hydrogens is 556 g/mol. The van der Waals surface area contributed by atoms with Crippen molar-refractivity contribution in [2.24, 2.45) is 0 Å². The van der Waals surface area contributed by atoms with Gasteiger partial charge in [-0.2, -0.15) is 13.2 Å². The van der Waals surface area contributed by atoms with Gasteiger partial charge in [-0.3, -0.25) is 9.59 Å². The van der Waals surface area contributed by atoms with Crippen molar-refractivity contribution in [2.75, 3.05) is 6.54 Å². The molecule has 0 saturated heterocycles. The summed E-state index contributed by atoms with van der Waals surface area (Å²) in [5, 5.41) is 11.9. The first-order chi connectivity index (χ1) is 19.5. The van der Waals surface area contributed by atoms with Gasteiger partial charge in [0.1, 0.15) is 18.1 Å². The van der Waals surface area contributed by atoms with E-state index in [9.17, 15) is 35.9 Å². The summed E-state index contributed by atoms with van der Waals surface area (Å²) in [5.41, 5.74) is 0.215. The smallest absolute Gasteiger partial charge is 0.370 e. The number of hydrogen-bond donors (Lipinski definition) is 2. The Morgan fingerprint density at radius 2 is 1.51 bits per heavy atom. The largest absolute Gasteiger partial charge is 0.405 e. The van der Waals surface area contributed by atoms with Crippen LogP contribution in [0.4, 0.5) is 26.3 Å². The van der Waals surface area contributed by atoms with Gasteiger partial charge >= 0.3 is 6.18 Å². The lowest BCUT2D eigenvalue weighted by Gasteiger charge is -2.11. The van der Waals surface area contributed by atoms with E-state index in [0.29, 0.717) is 6.07 Å². The third-order valence-electron chi connectivity index (χ3n) is 5.72. The predicted molar refractivity (Wildman–Crippen MR) is 132 cm³/mol. The van der Waals surface area contributed by atoms with Gasteiger partial charge in [-0.05, 0) is 42.0 Å². The first-order valence-corrected chi connectivity index (χ1v) is 12.0. The Labute approximate surface area is 228 Å². The predicted octanol–water partition coefficient (Wildman–Crippen LogP) is 4.62. The molecule has 2 amide bonds. The van der Waals surface area contributed by atoms with Gasteiger partial charge in [0.15, 0.2) is 17.3 Å². The molecule has 0 fully saturated rings. The number of nitrogens with one attached hydrogen (secondary N) is 2. The molecule has 2 N–H and O–H groups in total. The van der Waals surface area contributed by atoms with E-state index in [1.54, 1.807) is 17.4 Å². The summed E-state index contributed by atoms with van der Waals surface area (Å²) in [6.45, 7) is -2.25. The molecule has 0 unspecified atom stereocenters. The van der Waals surface area contributed by atoms with E-state index < -0.39 is 54.1 Å². The van der Waals surface area contributed by atoms with E-state index in [1.807, 2.05) is 18.2 Å². The van der Waals surface area contributed by atoms with Gasteiger partial charge in [0.05, 0.1) is 18.9 Å². The van der Waals surface area contributed by atoms with Gasteiger partial charge in [0, 0.05) is 17.7 Å². The van der Waals surface area contributed by atoms with Gasteiger partial charge < -0.3 is 15.4 Å². The first-order valence-electron chi connectivity index (χ1n) is 12.0. The van der Waals surface area contributed by atoms with Crippen LogP contribution in [0.1, 0.15) is 37.7 Å². The third kappa shape index (κ3) is 7.48. The molecule has 0 radical (unpaired) electrons. The minimum absolute atomic E-state index is 0.0582.